The fourth-order valence-corrected chi connectivity index (χ4v) is 2.86. The molecule has 22 heavy (non-hydrogen) atoms. The molecule has 1 atom stereocenters. The number of esters is 1. The summed E-state index contributed by atoms with van der Waals surface area (Å²) in [6, 6.07) is 7.87. The fourth-order valence-electron chi connectivity index (χ4n) is 2.86. The molecule has 0 saturated carbocycles. The Balaban J connectivity index is 1.78. The first-order valence-corrected chi connectivity index (χ1v) is 7.87. The Kier molecular flexibility index (Phi) is 6.68. The van der Waals surface area contributed by atoms with Crippen LogP contribution in [0.4, 0.5) is 0 Å². The largest absolute Gasteiger partial charge is 0.493 e. The minimum Gasteiger partial charge on any atom is -0.493 e. The average Bonchev–Trinajstić information content (AvgIpc) is 3.00. The van der Waals surface area contributed by atoms with Crippen molar-refractivity contribution >= 4 is 5.97 Å². The highest BCUT2D eigenvalue weighted by Gasteiger charge is 2.22. The molecule has 1 N–H and O–H groups in total. The summed E-state index contributed by atoms with van der Waals surface area (Å²) in [4.78, 5) is 13.7. The van der Waals surface area contributed by atoms with Gasteiger partial charge in [0.05, 0.1) is 26.7 Å². The van der Waals surface area contributed by atoms with Crippen LogP contribution in [0.1, 0.15) is 24.8 Å². The maximum atomic E-state index is 11.4. The number of carbonyl (C=O) groups excluding carboxylic acids is 1. The van der Waals surface area contributed by atoms with Gasteiger partial charge in [0.15, 0.2) is 0 Å². The Morgan fingerprint density at radius 1 is 1.41 bits per heavy atom. The van der Waals surface area contributed by atoms with E-state index in [2.05, 4.69) is 4.90 Å². The summed E-state index contributed by atoms with van der Waals surface area (Å²) < 4.78 is 10.5. The molecule has 0 spiro atoms. The Morgan fingerprint density at radius 2 is 2.23 bits per heavy atom. The molecule has 0 amide bonds. The van der Waals surface area contributed by atoms with Gasteiger partial charge in [0.25, 0.3) is 0 Å². The summed E-state index contributed by atoms with van der Waals surface area (Å²) in [5, 5.41) is 9.30. The van der Waals surface area contributed by atoms with Crippen molar-refractivity contribution in [2.24, 2.45) is 0 Å². The zero-order valence-corrected chi connectivity index (χ0v) is 13.2. The van der Waals surface area contributed by atoms with E-state index in [1.54, 1.807) is 0 Å². The van der Waals surface area contributed by atoms with Crippen molar-refractivity contribution in [2.75, 3.05) is 33.4 Å². The minimum atomic E-state index is -0.265. The molecule has 1 aromatic carbocycles. The van der Waals surface area contributed by atoms with Crippen molar-refractivity contribution in [3.05, 3.63) is 29.8 Å². The number of rotatable bonds is 8. The number of nitrogens with zero attached hydrogens (tertiary/aromatic N) is 1. The molecule has 122 valence electrons. The SMILES string of the molecule is COC(=O)Cc1ccccc1OCCCN1CCC[C@H]1CO. The number of ether oxygens (including phenoxy) is 2. The molecule has 0 aromatic heterocycles. The van der Waals surface area contributed by atoms with Gasteiger partial charge in [-0.2, -0.15) is 0 Å². The Hall–Kier alpha value is -1.59. The number of aliphatic hydroxyl groups is 1. The zero-order chi connectivity index (χ0) is 15.8. The van der Waals surface area contributed by atoms with Crippen LogP contribution in [0.2, 0.25) is 0 Å². The summed E-state index contributed by atoms with van der Waals surface area (Å²) in [7, 11) is 1.39. The molecule has 5 heteroatoms. The van der Waals surface area contributed by atoms with E-state index in [1.807, 2.05) is 24.3 Å². The summed E-state index contributed by atoms with van der Waals surface area (Å²) >= 11 is 0. The van der Waals surface area contributed by atoms with Crippen LogP contribution in [-0.2, 0) is 16.0 Å². The summed E-state index contributed by atoms with van der Waals surface area (Å²) in [6.45, 7) is 2.84. The van der Waals surface area contributed by atoms with E-state index >= 15 is 0 Å². The van der Waals surface area contributed by atoms with E-state index in [0.29, 0.717) is 12.6 Å². The number of benzene rings is 1. The minimum absolute atomic E-state index is 0.228. The predicted octanol–water partition coefficient (Wildman–Crippen LogP) is 1.63. The van der Waals surface area contributed by atoms with Crippen molar-refractivity contribution in [3.63, 3.8) is 0 Å². The summed E-state index contributed by atoms with van der Waals surface area (Å²) in [5.74, 6) is 0.479. The van der Waals surface area contributed by atoms with Gasteiger partial charge in [0.2, 0.25) is 0 Å². The Bertz CT molecular complexity index is 477. The third kappa shape index (κ3) is 4.71. The predicted molar refractivity (Wildman–Crippen MR) is 84.0 cm³/mol. The molecular formula is C17H25NO4. The van der Waals surface area contributed by atoms with Crippen molar-refractivity contribution in [2.45, 2.75) is 31.7 Å². The van der Waals surface area contributed by atoms with Gasteiger partial charge >= 0.3 is 5.97 Å². The van der Waals surface area contributed by atoms with Crippen molar-refractivity contribution < 1.29 is 19.4 Å². The van der Waals surface area contributed by atoms with E-state index < -0.39 is 0 Å². The number of hydrogen-bond acceptors (Lipinski definition) is 5. The van der Waals surface area contributed by atoms with Crippen LogP contribution in [0, 0.1) is 0 Å². The third-order valence-electron chi connectivity index (χ3n) is 4.09. The second-order valence-corrected chi connectivity index (χ2v) is 5.58. The second kappa shape index (κ2) is 8.76. The van der Waals surface area contributed by atoms with Crippen LogP contribution in [-0.4, -0.2) is 55.4 Å². The van der Waals surface area contributed by atoms with E-state index in [9.17, 15) is 9.90 Å². The first-order valence-electron chi connectivity index (χ1n) is 7.87. The molecular weight excluding hydrogens is 282 g/mol. The number of para-hydroxylation sites is 1. The number of carbonyl (C=O) groups is 1. The second-order valence-electron chi connectivity index (χ2n) is 5.58. The van der Waals surface area contributed by atoms with Gasteiger partial charge in [-0.05, 0) is 31.9 Å². The number of likely N-dealkylation sites (tertiary alicyclic amines) is 1. The molecule has 1 aliphatic rings. The van der Waals surface area contributed by atoms with Crippen molar-refractivity contribution in [1.82, 2.24) is 4.90 Å². The fraction of sp³-hybridized carbons (Fsp3) is 0.588. The highest BCUT2D eigenvalue weighted by molar-refractivity contribution is 5.73. The van der Waals surface area contributed by atoms with Crippen LogP contribution < -0.4 is 4.74 Å². The molecule has 1 fully saturated rings. The van der Waals surface area contributed by atoms with Crippen molar-refractivity contribution in [1.29, 1.82) is 0 Å². The third-order valence-corrected chi connectivity index (χ3v) is 4.09. The lowest BCUT2D eigenvalue weighted by atomic mass is 10.1. The van der Waals surface area contributed by atoms with Crippen LogP contribution in [0.5, 0.6) is 5.75 Å². The van der Waals surface area contributed by atoms with Gasteiger partial charge in [-0.25, -0.2) is 0 Å². The van der Waals surface area contributed by atoms with Gasteiger partial charge < -0.3 is 14.6 Å². The quantitative estimate of drug-likeness (QED) is 0.584. The van der Waals surface area contributed by atoms with E-state index in [1.165, 1.54) is 7.11 Å². The number of hydrogen-bond donors (Lipinski definition) is 1. The molecule has 0 radical (unpaired) electrons. The molecule has 0 aliphatic carbocycles. The monoisotopic (exact) mass is 307 g/mol. The van der Waals surface area contributed by atoms with E-state index in [-0.39, 0.29) is 19.0 Å². The van der Waals surface area contributed by atoms with Gasteiger partial charge in [0, 0.05) is 18.2 Å². The number of aliphatic hydroxyl groups excluding tert-OH is 1. The Labute approximate surface area is 131 Å². The Morgan fingerprint density at radius 3 is 3.00 bits per heavy atom. The van der Waals surface area contributed by atoms with E-state index in [4.69, 9.17) is 9.47 Å². The molecule has 2 rings (SSSR count). The van der Waals surface area contributed by atoms with Gasteiger partial charge in [-0.3, -0.25) is 9.69 Å². The molecule has 1 saturated heterocycles. The summed E-state index contributed by atoms with van der Waals surface area (Å²) in [6.07, 6.45) is 3.38. The lowest BCUT2D eigenvalue weighted by Crippen LogP contribution is -2.33. The van der Waals surface area contributed by atoms with Gasteiger partial charge in [-0.1, -0.05) is 18.2 Å². The molecule has 5 nitrogen and oxygen atoms in total. The van der Waals surface area contributed by atoms with Crippen LogP contribution in [0.15, 0.2) is 24.3 Å². The van der Waals surface area contributed by atoms with Gasteiger partial charge in [0.1, 0.15) is 5.75 Å². The first kappa shape index (κ1) is 16.8. The van der Waals surface area contributed by atoms with Crippen LogP contribution in [0.25, 0.3) is 0 Å². The molecule has 0 bridgehead atoms. The highest BCUT2D eigenvalue weighted by atomic mass is 16.5. The zero-order valence-electron chi connectivity index (χ0n) is 13.2. The van der Waals surface area contributed by atoms with Crippen LogP contribution >= 0.6 is 0 Å². The lowest BCUT2D eigenvalue weighted by molar-refractivity contribution is -0.139. The molecule has 1 heterocycles. The summed E-state index contributed by atoms with van der Waals surface area (Å²) in [5.41, 5.74) is 0.851. The smallest absolute Gasteiger partial charge is 0.310 e. The molecule has 1 aromatic rings. The molecule has 1 aliphatic heterocycles. The highest BCUT2D eigenvalue weighted by Crippen LogP contribution is 2.20. The lowest BCUT2D eigenvalue weighted by Gasteiger charge is -2.22. The van der Waals surface area contributed by atoms with Gasteiger partial charge in [-0.15, -0.1) is 0 Å². The van der Waals surface area contributed by atoms with Crippen molar-refractivity contribution in [3.8, 4) is 5.75 Å². The first-order chi connectivity index (χ1) is 10.7. The average molecular weight is 307 g/mol. The van der Waals surface area contributed by atoms with Crippen LogP contribution in [0.3, 0.4) is 0 Å². The molecule has 0 unspecified atom stereocenters. The maximum absolute atomic E-state index is 11.4. The maximum Gasteiger partial charge on any atom is 0.310 e. The number of methoxy groups -OCH3 is 1. The topological polar surface area (TPSA) is 59.0 Å². The standard InChI is InChI=1S/C17H25NO4/c1-21-17(20)12-14-6-2-3-8-16(14)22-11-5-10-18-9-4-7-15(18)13-19/h2-3,6,8,15,19H,4-5,7,9-13H2,1H3/t15-/m0/s1. The van der Waals surface area contributed by atoms with E-state index in [0.717, 1.165) is 43.7 Å². The normalized spacial score (nSPS) is 18.4.